The van der Waals surface area contributed by atoms with Gasteiger partial charge in [0.05, 0.1) is 28.1 Å². The van der Waals surface area contributed by atoms with Crippen molar-refractivity contribution in [1.29, 1.82) is 5.26 Å². The number of halogens is 1. The van der Waals surface area contributed by atoms with Gasteiger partial charge in [-0.25, -0.2) is 4.39 Å². The molecule has 0 spiro atoms. The second kappa shape index (κ2) is 6.86. The standard InChI is InChI=1S/C24H22FN3OSi/c1-14(2)28-21-12-19(25)16(8-9-30(3,4)5)11-18(21)23(29)22-17-7-6-15(13-26)10-20(17)27-24(22)28/h6-7,10-12,14,27H,1-5H3. The molecule has 4 aromatic rings. The average molecular weight is 416 g/mol. The van der Waals surface area contributed by atoms with Crippen LogP contribution < -0.4 is 5.43 Å². The molecule has 2 aromatic carbocycles. The van der Waals surface area contributed by atoms with Crippen LogP contribution in [0, 0.1) is 28.6 Å². The Balaban J connectivity index is 2.18. The van der Waals surface area contributed by atoms with Crippen molar-refractivity contribution in [3.63, 3.8) is 0 Å². The summed E-state index contributed by atoms with van der Waals surface area (Å²) in [5.74, 6) is 2.53. The van der Waals surface area contributed by atoms with E-state index in [9.17, 15) is 14.4 Å². The molecule has 0 unspecified atom stereocenters. The van der Waals surface area contributed by atoms with Crippen LogP contribution in [0.15, 0.2) is 35.1 Å². The van der Waals surface area contributed by atoms with Gasteiger partial charge in [0.25, 0.3) is 0 Å². The maximum absolute atomic E-state index is 14.9. The maximum Gasteiger partial charge on any atom is 0.199 e. The Morgan fingerprint density at radius 2 is 1.87 bits per heavy atom. The summed E-state index contributed by atoms with van der Waals surface area (Å²) >= 11 is 0. The maximum atomic E-state index is 14.9. The Morgan fingerprint density at radius 3 is 2.50 bits per heavy atom. The minimum absolute atomic E-state index is 0.0163. The highest BCUT2D eigenvalue weighted by Crippen LogP contribution is 2.30. The number of aromatic nitrogens is 2. The quantitative estimate of drug-likeness (QED) is 0.332. The van der Waals surface area contributed by atoms with E-state index >= 15 is 0 Å². The third kappa shape index (κ3) is 3.20. The number of nitriles is 1. The van der Waals surface area contributed by atoms with Crippen molar-refractivity contribution in [2.24, 2.45) is 0 Å². The van der Waals surface area contributed by atoms with Gasteiger partial charge in [-0.2, -0.15) is 5.26 Å². The number of nitrogens with one attached hydrogen (secondary N) is 1. The first-order valence-corrected chi connectivity index (χ1v) is 13.4. The Kier molecular flexibility index (Phi) is 4.56. The topological polar surface area (TPSA) is 61.6 Å². The number of aromatic amines is 1. The predicted molar refractivity (Wildman–Crippen MR) is 123 cm³/mol. The predicted octanol–water partition coefficient (Wildman–Crippen LogP) is 5.46. The molecule has 0 saturated carbocycles. The highest BCUT2D eigenvalue weighted by molar-refractivity contribution is 6.83. The van der Waals surface area contributed by atoms with Crippen molar-refractivity contribution in [3.05, 3.63) is 57.5 Å². The van der Waals surface area contributed by atoms with Crippen molar-refractivity contribution >= 4 is 40.9 Å². The van der Waals surface area contributed by atoms with Gasteiger partial charge in [0.1, 0.15) is 19.5 Å². The smallest absolute Gasteiger partial charge is 0.199 e. The fourth-order valence-corrected chi connectivity index (χ4v) is 4.26. The van der Waals surface area contributed by atoms with E-state index < -0.39 is 13.9 Å². The lowest BCUT2D eigenvalue weighted by molar-refractivity contribution is 0.615. The third-order valence-corrected chi connectivity index (χ3v) is 5.93. The van der Waals surface area contributed by atoms with Gasteiger partial charge in [-0.15, -0.1) is 5.54 Å². The van der Waals surface area contributed by atoms with Gasteiger partial charge < -0.3 is 9.55 Å². The number of hydrogen-bond acceptors (Lipinski definition) is 2. The van der Waals surface area contributed by atoms with Crippen LogP contribution in [-0.2, 0) is 0 Å². The SMILES string of the molecule is CC(C)n1c2cc(F)c(C#C[Si](C)(C)C)cc2c(=O)c2c3ccc(C#N)cc3[nH]c21. The minimum Gasteiger partial charge on any atom is -0.340 e. The largest absolute Gasteiger partial charge is 0.340 e. The number of rotatable bonds is 1. The molecule has 0 atom stereocenters. The van der Waals surface area contributed by atoms with E-state index in [2.05, 4.69) is 42.2 Å². The van der Waals surface area contributed by atoms with Crippen molar-refractivity contribution in [2.75, 3.05) is 0 Å². The molecule has 1 N–H and O–H groups in total. The van der Waals surface area contributed by atoms with Crippen LogP contribution >= 0.6 is 0 Å². The average Bonchev–Trinajstić information content (AvgIpc) is 3.04. The summed E-state index contributed by atoms with van der Waals surface area (Å²) in [6, 6.07) is 10.3. The summed E-state index contributed by atoms with van der Waals surface area (Å²) in [7, 11) is -1.69. The molecule has 0 bridgehead atoms. The molecule has 2 aromatic heterocycles. The van der Waals surface area contributed by atoms with Crippen LogP contribution in [0.4, 0.5) is 4.39 Å². The number of pyridine rings is 1. The number of nitrogens with zero attached hydrogens (tertiary/aromatic N) is 2. The van der Waals surface area contributed by atoms with Gasteiger partial charge in [-0.05, 0) is 38.1 Å². The summed E-state index contributed by atoms with van der Waals surface area (Å²) in [6.45, 7) is 10.3. The number of hydrogen-bond donors (Lipinski definition) is 1. The van der Waals surface area contributed by atoms with Crippen LogP contribution in [0.1, 0.15) is 31.0 Å². The molecule has 2 heterocycles. The zero-order valence-electron chi connectivity index (χ0n) is 17.6. The summed E-state index contributed by atoms with van der Waals surface area (Å²) in [5, 5.41) is 11.0. The first-order chi connectivity index (χ1) is 14.1. The third-order valence-electron chi connectivity index (χ3n) is 5.05. The molecule has 0 saturated heterocycles. The van der Waals surface area contributed by atoms with E-state index in [0.29, 0.717) is 33.0 Å². The van der Waals surface area contributed by atoms with Gasteiger partial charge >= 0.3 is 0 Å². The normalized spacial score (nSPS) is 11.8. The first kappa shape index (κ1) is 19.9. The minimum atomic E-state index is -1.69. The lowest BCUT2D eigenvalue weighted by Gasteiger charge is -2.17. The fourth-order valence-electron chi connectivity index (χ4n) is 3.75. The van der Waals surface area contributed by atoms with E-state index in [-0.39, 0.29) is 17.0 Å². The Bertz CT molecular complexity index is 1500. The monoisotopic (exact) mass is 415 g/mol. The Labute approximate surface area is 174 Å². The Morgan fingerprint density at radius 1 is 1.13 bits per heavy atom. The zero-order valence-corrected chi connectivity index (χ0v) is 18.6. The van der Waals surface area contributed by atoms with Crippen LogP contribution in [0.2, 0.25) is 19.6 Å². The zero-order chi connectivity index (χ0) is 21.8. The molecule has 0 aliphatic heterocycles. The van der Waals surface area contributed by atoms with Gasteiger partial charge in [0.2, 0.25) is 0 Å². The van der Waals surface area contributed by atoms with Crippen molar-refractivity contribution in [1.82, 2.24) is 9.55 Å². The molecule has 4 nitrogen and oxygen atoms in total. The van der Waals surface area contributed by atoms with Crippen LogP contribution in [0.25, 0.3) is 32.8 Å². The van der Waals surface area contributed by atoms with Crippen LogP contribution in [0.5, 0.6) is 0 Å². The highest BCUT2D eigenvalue weighted by atomic mass is 28.3. The molecular formula is C24H22FN3OSi. The molecule has 150 valence electrons. The van der Waals surface area contributed by atoms with Gasteiger partial charge in [0.15, 0.2) is 5.43 Å². The van der Waals surface area contributed by atoms with Crippen molar-refractivity contribution in [3.8, 4) is 17.5 Å². The molecule has 4 rings (SSSR count). The van der Waals surface area contributed by atoms with Crippen LogP contribution in [-0.4, -0.2) is 17.6 Å². The first-order valence-electron chi connectivity index (χ1n) is 9.87. The highest BCUT2D eigenvalue weighted by Gasteiger charge is 2.19. The number of benzene rings is 2. The molecule has 30 heavy (non-hydrogen) atoms. The molecule has 0 aliphatic carbocycles. The second-order valence-electron chi connectivity index (χ2n) is 8.86. The molecule has 0 aliphatic rings. The van der Waals surface area contributed by atoms with E-state index in [1.54, 1.807) is 24.3 Å². The van der Waals surface area contributed by atoms with Gasteiger partial charge in [-0.3, -0.25) is 4.79 Å². The fraction of sp³-hybridized carbons (Fsp3) is 0.250. The molecule has 0 fully saturated rings. The molecule has 0 amide bonds. The summed E-state index contributed by atoms with van der Waals surface area (Å²) in [4.78, 5) is 16.8. The van der Waals surface area contributed by atoms with Crippen molar-refractivity contribution < 1.29 is 4.39 Å². The summed E-state index contributed by atoms with van der Waals surface area (Å²) in [5.41, 5.74) is 5.66. The van der Waals surface area contributed by atoms with E-state index in [4.69, 9.17) is 0 Å². The summed E-state index contributed by atoms with van der Waals surface area (Å²) in [6.07, 6.45) is 0. The lowest BCUT2D eigenvalue weighted by Crippen LogP contribution is -2.16. The summed E-state index contributed by atoms with van der Waals surface area (Å²) < 4.78 is 16.9. The molecule has 0 radical (unpaired) electrons. The van der Waals surface area contributed by atoms with Gasteiger partial charge in [-0.1, -0.05) is 31.6 Å². The van der Waals surface area contributed by atoms with Gasteiger partial charge in [0, 0.05) is 22.3 Å². The van der Waals surface area contributed by atoms with Crippen LogP contribution in [0.3, 0.4) is 0 Å². The van der Waals surface area contributed by atoms with E-state index in [1.165, 1.54) is 6.07 Å². The molecule has 6 heteroatoms. The lowest BCUT2D eigenvalue weighted by atomic mass is 10.1. The van der Waals surface area contributed by atoms with Crippen molar-refractivity contribution in [2.45, 2.75) is 39.5 Å². The van der Waals surface area contributed by atoms with E-state index in [0.717, 1.165) is 5.39 Å². The molecular weight excluding hydrogens is 393 g/mol. The number of H-pyrrole nitrogens is 1. The van der Waals surface area contributed by atoms with E-state index in [1.807, 2.05) is 18.4 Å². The second-order valence-corrected chi connectivity index (χ2v) is 13.6. The number of fused-ring (bicyclic) bond motifs is 4. The Hall–Kier alpha value is -3.35.